The van der Waals surface area contributed by atoms with E-state index < -0.39 is 29.4 Å². The van der Waals surface area contributed by atoms with Crippen LogP contribution >= 0.6 is 0 Å². The van der Waals surface area contributed by atoms with Crippen molar-refractivity contribution in [2.75, 3.05) is 23.9 Å². The van der Waals surface area contributed by atoms with E-state index in [1.807, 2.05) is 0 Å². The molecule has 1 aliphatic rings. The van der Waals surface area contributed by atoms with Gasteiger partial charge in [0, 0.05) is 12.2 Å². The molecule has 172 valence electrons. The van der Waals surface area contributed by atoms with Gasteiger partial charge >= 0.3 is 6.18 Å². The van der Waals surface area contributed by atoms with Crippen molar-refractivity contribution in [2.24, 2.45) is 0 Å². The molecule has 0 saturated carbocycles. The van der Waals surface area contributed by atoms with Crippen LogP contribution in [0.2, 0.25) is 0 Å². The maximum atomic E-state index is 13.7. The third-order valence-corrected chi connectivity index (χ3v) is 5.27. The second-order valence-corrected chi connectivity index (χ2v) is 7.46. The number of rotatable bonds is 4. The predicted octanol–water partition coefficient (Wildman–Crippen LogP) is 4.52. The number of fused-ring (bicyclic) bond motifs is 1. The highest BCUT2D eigenvalue weighted by atomic mass is 19.4. The maximum Gasteiger partial charge on any atom is 0.416 e. The molecule has 33 heavy (non-hydrogen) atoms. The van der Waals surface area contributed by atoms with Crippen LogP contribution < -0.4 is 15.0 Å². The lowest BCUT2D eigenvalue weighted by Gasteiger charge is -2.32. The molecule has 0 radical (unpaired) electrons. The molecule has 1 aromatic heterocycles. The van der Waals surface area contributed by atoms with Gasteiger partial charge in [0.1, 0.15) is 11.6 Å². The normalized spacial score (nSPS) is 15.9. The zero-order chi connectivity index (χ0) is 23.9. The third kappa shape index (κ3) is 4.13. The monoisotopic (exact) mass is 462 g/mol. The summed E-state index contributed by atoms with van der Waals surface area (Å²) in [5, 5.41) is 6.72. The highest BCUT2D eigenvalue weighted by Gasteiger charge is 2.35. The number of carbonyl (C=O) groups excluding carboxylic acids is 2. The lowest BCUT2D eigenvalue weighted by Crippen LogP contribution is -2.43. The Kier molecular flexibility index (Phi) is 5.56. The molecule has 1 atom stereocenters. The van der Waals surface area contributed by atoms with Crippen LogP contribution in [0.25, 0.3) is 0 Å². The fourth-order valence-electron chi connectivity index (χ4n) is 3.65. The van der Waals surface area contributed by atoms with E-state index in [1.54, 1.807) is 6.92 Å². The van der Waals surface area contributed by atoms with Crippen molar-refractivity contribution in [3.05, 3.63) is 71.3 Å². The molecule has 0 bridgehead atoms. The molecule has 11 heteroatoms. The molecule has 0 saturated heterocycles. The van der Waals surface area contributed by atoms with Crippen LogP contribution in [-0.2, 0) is 6.18 Å². The number of aromatic nitrogens is 2. The molecular weight excluding hydrogens is 444 g/mol. The van der Waals surface area contributed by atoms with Gasteiger partial charge in [-0.2, -0.15) is 18.3 Å². The number of benzene rings is 2. The summed E-state index contributed by atoms with van der Waals surface area (Å²) in [6, 6.07) is 7.36. The lowest BCUT2D eigenvalue weighted by molar-refractivity contribution is -0.137. The minimum absolute atomic E-state index is 0.0531. The summed E-state index contributed by atoms with van der Waals surface area (Å²) in [6.07, 6.45) is -3.20. The first kappa shape index (κ1) is 22.3. The first-order valence-electron chi connectivity index (χ1n) is 9.81. The number of amides is 2. The summed E-state index contributed by atoms with van der Waals surface area (Å²) in [5.74, 6) is -1.77. The average Bonchev–Trinajstić information content (AvgIpc) is 3.20. The van der Waals surface area contributed by atoms with E-state index in [2.05, 4.69) is 10.4 Å². The van der Waals surface area contributed by atoms with E-state index in [-0.39, 0.29) is 41.0 Å². The highest BCUT2D eigenvalue weighted by molar-refractivity contribution is 6.13. The Labute approximate surface area is 185 Å². The van der Waals surface area contributed by atoms with Crippen molar-refractivity contribution in [3.63, 3.8) is 0 Å². The molecule has 3 aromatic rings. The average molecular weight is 462 g/mol. The number of methoxy groups -OCH3 is 1. The van der Waals surface area contributed by atoms with Crippen molar-refractivity contribution >= 4 is 23.2 Å². The van der Waals surface area contributed by atoms with Crippen LogP contribution in [0, 0.1) is 5.82 Å². The number of anilines is 2. The molecule has 0 unspecified atom stereocenters. The minimum atomic E-state index is -4.49. The molecule has 0 aliphatic carbocycles. The Morgan fingerprint density at radius 1 is 1.18 bits per heavy atom. The number of alkyl halides is 3. The highest BCUT2D eigenvalue weighted by Crippen LogP contribution is 2.34. The quantitative estimate of drug-likeness (QED) is 0.579. The van der Waals surface area contributed by atoms with Gasteiger partial charge in [-0.15, -0.1) is 0 Å². The van der Waals surface area contributed by atoms with E-state index in [4.69, 9.17) is 4.74 Å². The fourth-order valence-corrected chi connectivity index (χ4v) is 3.65. The van der Waals surface area contributed by atoms with Crippen LogP contribution in [0.5, 0.6) is 5.75 Å². The van der Waals surface area contributed by atoms with E-state index in [1.165, 1.54) is 41.1 Å². The van der Waals surface area contributed by atoms with Gasteiger partial charge < -0.3 is 15.0 Å². The molecule has 2 aromatic carbocycles. The van der Waals surface area contributed by atoms with Crippen molar-refractivity contribution in [2.45, 2.75) is 19.1 Å². The largest absolute Gasteiger partial charge is 0.496 e. The topological polar surface area (TPSA) is 76.5 Å². The molecule has 0 fully saturated rings. The van der Waals surface area contributed by atoms with Crippen LogP contribution in [-0.4, -0.2) is 35.2 Å². The van der Waals surface area contributed by atoms with Gasteiger partial charge in [0.15, 0.2) is 5.69 Å². The number of halogens is 4. The predicted molar refractivity (Wildman–Crippen MR) is 111 cm³/mol. The maximum absolute atomic E-state index is 13.7. The number of nitrogens with one attached hydrogen (secondary N) is 1. The Bertz CT molecular complexity index is 1220. The molecule has 1 N–H and O–H groups in total. The van der Waals surface area contributed by atoms with Crippen LogP contribution in [0.1, 0.15) is 39.4 Å². The Morgan fingerprint density at radius 3 is 2.52 bits per heavy atom. The second-order valence-electron chi connectivity index (χ2n) is 7.46. The summed E-state index contributed by atoms with van der Waals surface area (Å²) in [4.78, 5) is 27.3. The molecule has 4 rings (SSSR count). The number of hydrogen-bond donors (Lipinski definition) is 1. The smallest absolute Gasteiger partial charge is 0.416 e. The molecule has 1 aliphatic heterocycles. The standard InChI is InChI=1S/C22H18F4N4O3/c1-12-11-29(15-6-3-13(4-7-15)22(24,25)26)21(32)19-17(10-27-30(12)19)28-20(31)16-9-14(23)5-8-18(16)33-2/h3-10,12H,11H2,1-2H3,(H,28,31)/t12-/m0/s1. The summed E-state index contributed by atoms with van der Waals surface area (Å²) in [5.41, 5.74) is -0.493. The van der Waals surface area contributed by atoms with E-state index in [9.17, 15) is 27.2 Å². The van der Waals surface area contributed by atoms with Crippen LogP contribution in [0.15, 0.2) is 48.7 Å². The number of nitrogens with zero attached hydrogens (tertiary/aromatic N) is 3. The van der Waals surface area contributed by atoms with Gasteiger partial charge in [-0.05, 0) is 49.4 Å². The number of hydrogen-bond acceptors (Lipinski definition) is 4. The van der Waals surface area contributed by atoms with Crippen molar-refractivity contribution in [1.29, 1.82) is 0 Å². The van der Waals surface area contributed by atoms with Gasteiger partial charge in [-0.1, -0.05) is 0 Å². The second kappa shape index (κ2) is 8.23. The Balaban J connectivity index is 1.65. The summed E-state index contributed by atoms with van der Waals surface area (Å²) in [6.45, 7) is 1.95. The van der Waals surface area contributed by atoms with E-state index in [0.29, 0.717) is 0 Å². The zero-order valence-electron chi connectivity index (χ0n) is 17.5. The molecular formula is C22H18F4N4O3. The van der Waals surface area contributed by atoms with E-state index >= 15 is 0 Å². The number of carbonyl (C=O) groups is 2. The minimum Gasteiger partial charge on any atom is -0.496 e. The van der Waals surface area contributed by atoms with Crippen LogP contribution in [0.4, 0.5) is 28.9 Å². The first-order valence-corrected chi connectivity index (χ1v) is 9.81. The molecule has 2 amide bonds. The zero-order valence-corrected chi connectivity index (χ0v) is 17.5. The molecule has 0 spiro atoms. The Hall–Kier alpha value is -3.89. The van der Waals surface area contributed by atoms with Crippen molar-refractivity contribution in [1.82, 2.24) is 9.78 Å². The summed E-state index contributed by atoms with van der Waals surface area (Å²) < 4.78 is 58.8. The van der Waals surface area contributed by atoms with Crippen molar-refractivity contribution in [3.8, 4) is 5.75 Å². The van der Waals surface area contributed by atoms with Gasteiger partial charge in [-0.25, -0.2) is 4.39 Å². The van der Waals surface area contributed by atoms with Crippen molar-refractivity contribution < 1.29 is 31.9 Å². The number of ether oxygens (including phenoxy) is 1. The van der Waals surface area contributed by atoms with Gasteiger partial charge in [0.25, 0.3) is 11.8 Å². The lowest BCUT2D eigenvalue weighted by atomic mass is 10.1. The van der Waals surface area contributed by atoms with Gasteiger partial charge in [0.05, 0.1) is 36.2 Å². The van der Waals surface area contributed by atoms with Crippen LogP contribution in [0.3, 0.4) is 0 Å². The SMILES string of the molecule is COc1ccc(F)cc1C(=O)Nc1cnn2c1C(=O)N(c1ccc(C(F)(F)F)cc1)C[C@@H]2C. The Morgan fingerprint density at radius 2 is 1.88 bits per heavy atom. The van der Waals surface area contributed by atoms with Gasteiger partial charge in [-0.3, -0.25) is 14.3 Å². The first-order chi connectivity index (χ1) is 15.6. The fraction of sp³-hybridized carbons (Fsp3) is 0.227. The summed E-state index contributed by atoms with van der Waals surface area (Å²) >= 11 is 0. The van der Waals surface area contributed by atoms with E-state index in [0.717, 1.165) is 24.3 Å². The van der Waals surface area contributed by atoms with Gasteiger partial charge in [0.2, 0.25) is 0 Å². The molecule has 2 heterocycles. The summed E-state index contributed by atoms with van der Waals surface area (Å²) in [7, 11) is 1.33. The molecule has 7 nitrogen and oxygen atoms in total. The third-order valence-electron chi connectivity index (χ3n) is 5.27.